The molecule has 4 amide bonds. The minimum Gasteiger partial charge on any atom is -0.354 e. The predicted molar refractivity (Wildman–Crippen MR) is 89.6 cm³/mol. The number of carbonyl (C=O) groups is 3. The molecule has 0 radical (unpaired) electrons. The number of imide groups is 1. The third-order valence-corrected chi connectivity index (χ3v) is 4.86. The number of hydrogen-bond acceptors (Lipinski definition) is 3. The Labute approximate surface area is 145 Å². The summed E-state index contributed by atoms with van der Waals surface area (Å²) in [6.45, 7) is 0.190. The van der Waals surface area contributed by atoms with Crippen LogP contribution in [0.25, 0.3) is 0 Å². The number of nitrogens with zero attached hydrogens (tertiary/aromatic N) is 1. The molecule has 128 valence electrons. The fourth-order valence-corrected chi connectivity index (χ4v) is 3.59. The molecule has 1 aliphatic heterocycles. The smallest absolute Gasteiger partial charge is 0.325 e. The maximum Gasteiger partial charge on any atom is 0.325 e. The molecule has 6 nitrogen and oxygen atoms in total. The first kappa shape index (κ1) is 16.8. The number of benzene rings is 1. The molecule has 1 aromatic carbocycles. The number of amides is 4. The molecule has 1 aromatic rings. The Morgan fingerprint density at radius 2 is 2.04 bits per heavy atom. The van der Waals surface area contributed by atoms with E-state index in [-0.39, 0.29) is 18.4 Å². The molecule has 1 aliphatic carbocycles. The Morgan fingerprint density at radius 1 is 1.29 bits per heavy atom. The zero-order valence-electron chi connectivity index (χ0n) is 13.3. The van der Waals surface area contributed by atoms with E-state index in [1.165, 1.54) is 0 Å². The van der Waals surface area contributed by atoms with Gasteiger partial charge >= 0.3 is 6.03 Å². The Balaban J connectivity index is 1.50. The van der Waals surface area contributed by atoms with Gasteiger partial charge in [-0.25, -0.2) is 4.79 Å². The monoisotopic (exact) mass is 349 g/mol. The molecular formula is C17H20ClN3O3. The Bertz CT molecular complexity index is 671. The van der Waals surface area contributed by atoms with Crippen LogP contribution in [0.15, 0.2) is 24.3 Å². The zero-order valence-corrected chi connectivity index (χ0v) is 14.1. The first-order valence-electron chi connectivity index (χ1n) is 8.15. The molecule has 1 saturated heterocycles. The average molecular weight is 350 g/mol. The molecule has 24 heavy (non-hydrogen) atoms. The van der Waals surface area contributed by atoms with Crippen LogP contribution in [0.4, 0.5) is 4.79 Å². The van der Waals surface area contributed by atoms with Crippen LogP contribution < -0.4 is 10.6 Å². The summed E-state index contributed by atoms with van der Waals surface area (Å²) in [6.07, 6.45) is 3.79. The van der Waals surface area contributed by atoms with Crippen molar-refractivity contribution in [2.24, 2.45) is 0 Å². The SMILES string of the molecule is O=C(CN1C(=O)NC2(CCCC2)C1=O)NCCc1cccc(Cl)c1. The van der Waals surface area contributed by atoms with Gasteiger partial charge in [0.2, 0.25) is 5.91 Å². The highest BCUT2D eigenvalue weighted by atomic mass is 35.5. The average Bonchev–Trinajstić information content (AvgIpc) is 3.09. The van der Waals surface area contributed by atoms with Crippen LogP contribution in [0.1, 0.15) is 31.2 Å². The molecule has 0 unspecified atom stereocenters. The second kappa shape index (κ2) is 6.81. The van der Waals surface area contributed by atoms with Gasteiger partial charge in [0.1, 0.15) is 12.1 Å². The van der Waals surface area contributed by atoms with Gasteiger partial charge in [0.15, 0.2) is 0 Å². The third kappa shape index (κ3) is 3.38. The highest BCUT2D eigenvalue weighted by Gasteiger charge is 2.52. The lowest BCUT2D eigenvalue weighted by molar-refractivity contribution is -0.134. The number of urea groups is 1. The largest absolute Gasteiger partial charge is 0.354 e. The maximum absolute atomic E-state index is 12.5. The molecule has 0 bridgehead atoms. The van der Waals surface area contributed by atoms with Crippen molar-refractivity contribution < 1.29 is 14.4 Å². The van der Waals surface area contributed by atoms with Gasteiger partial charge in [0.05, 0.1) is 0 Å². The summed E-state index contributed by atoms with van der Waals surface area (Å²) in [6, 6.07) is 6.95. The molecule has 2 fully saturated rings. The van der Waals surface area contributed by atoms with Gasteiger partial charge in [-0.2, -0.15) is 0 Å². The van der Waals surface area contributed by atoms with Crippen molar-refractivity contribution in [3.8, 4) is 0 Å². The fraction of sp³-hybridized carbons (Fsp3) is 0.471. The summed E-state index contributed by atoms with van der Waals surface area (Å²) in [5, 5.41) is 6.16. The Kier molecular flexibility index (Phi) is 4.76. The van der Waals surface area contributed by atoms with Gasteiger partial charge in [-0.3, -0.25) is 14.5 Å². The van der Waals surface area contributed by atoms with E-state index in [1.807, 2.05) is 18.2 Å². The van der Waals surface area contributed by atoms with E-state index in [1.54, 1.807) is 6.07 Å². The maximum atomic E-state index is 12.5. The summed E-state index contributed by atoms with van der Waals surface area (Å²) in [7, 11) is 0. The molecule has 0 aromatic heterocycles. The van der Waals surface area contributed by atoms with Gasteiger partial charge in [-0.1, -0.05) is 36.6 Å². The van der Waals surface area contributed by atoms with Gasteiger partial charge in [-0.05, 0) is 37.0 Å². The van der Waals surface area contributed by atoms with E-state index in [0.29, 0.717) is 30.8 Å². The van der Waals surface area contributed by atoms with Crippen LogP contribution in [0.2, 0.25) is 5.02 Å². The van der Waals surface area contributed by atoms with Gasteiger partial charge in [-0.15, -0.1) is 0 Å². The van der Waals surface area contributed by atoms with Crippen LogP contribution in [0.3, 0.4) is 0 Å². The van der Waals surface area contributed by atoms with E-state index < -0.39 is 11.6 Å². The number of halogens is 1. The van der Waals surface area contributed by atoms with Crippen molar-refractivity contribution in [2.45, 2.75) is 37.6 Å². The van der Waals surface area contributed by atoms with Gasteiger partial charge < -0.3 is 10.6 Å². The van der Waals surface area contributed by atoms with Crippen molar-refractivity contribution >= 4 is 29.4 Å². The first-order valence-corrected chi connectivity index (χ1v) is 8.53. The van der Waals surface area contributed by atoms with Crippen molar-refractivity contribution in [3.05, 3.63) is 34.9 Å². The van der Waals surface area contributed by atoms with E-state index in [0.717, 1.165) is 23.3 Å². The van der Waals surface area contributed by atoms with Crippen LogP contribution in [-0.2, 0) is 16.0 Å². The molecule has 3 rings (SSSR count). The quantitative estimate of drug-likeness (QED) is 0.796. The number of nitrogens with one attached hydrogen (secondary N) is 2. The summed E-state index contributed by atoms with van der Waals surface area (Å²) >= 11 is 5.92. The summed E-state index contributed by atoms with van der Waals surface area (Å²) in [4.78, 5) is 37.5. The van der Waals surface area contributed by atoms with E-state index in [9.17, 15) is 14.4 Å². The highest BCUT2D eigenvalue weighted by Crippen LogP contribution is 2.34. The topological polar surface area (TPSA) is 78.5 Å². The van der Waals surface area contributed by atoms with Crippen LogP contribution in [0.5, 0.6) is 0 Å². The second-order valence-electron chi connectivity index (χ2n) is 6.34. The minimum atomic E-state index is -0.766. The lowest BCUT2D eigenvalue weighted by atomic mass is 9.98. The van der Waals surface area contributed by atoms with E-state index in [4.69, 9.17) is 11.6 Å². The molecule has 1 heterocycles. The molecule has 7 heteroatoms. The number of hydrogen-bond donors (Lipinski definition) is 2. The molecule has 1 spiro atoms. The lowest BCUT2D eigenvalue weighted by Gasteiger charge is -2.19. The summed E-state index contributed by atoms with van der Waals surface area (Å²) < 4.78 is 0. The van der Waals surface area contributed by atoms with Crippen molar-refractivity contribution in [2.75, 3.05) is 13.1 Å². The Hall–Kier alpha value is -2.08. The number of carbonyl (C=O) groups excluding carboxylic acids is 3. The standard InChI is InChI=1S/C17H20ClN3O3/c18-13-5-3-4-12(10-13)6-9-19-14(22)11-21-15(23)17(20-16(21)24)7-1-2-8-17/h3-5,10H,1-2,6-9,11H2,(H,19,22)(H,20,24). The molecule has 2 aliphatic rings. The van der Waals surface area contributed by atoms with E-state index >= 15 is 0 Å². The van der Waals surface area contributed by atoms with Crippen LogP contribution in [0, 0.1) is 0 Å². The van der Waals surface area contributed by atoms with E-state index in [2.05, 4.69) is 10.6 Å². The second-order valence-corrected chi connectivity index (χ2v) is 6.78. The predicted octanol–water partition coefficient (Wildman–Crippen LogP) is 1.86. The van der Waals surface area contributed by atoms with Crippen molar-refractivity contribution in [1.82, 2.24) is 15.5 Å². The summed E-state index contributed by atoms with van der Waals surface area (Å²) in [5.74, 6) is -0.606. The minimum absolute atomic E-state index is 0.234. The first-order chi connectivity index (χ1) is 11.5. The van der Waals surface area contributed by atoms with Crippen LogP contribution in [-0.4, -0.2) is 41.4 Å². The highest BCUT2D eigenvalue weighted by molar-refractivity contribution is 6.30. The zero-order chi connectivity index (χ0) is 17.2. The fourth-order valence-electron chi connectivity index (χ4n) is 3.38. The Morgan fingerprint density at radius 3 is 2.75 bits per heavy atom. The molecule has 1 saturated carbocycles. The normalized spacial score (nSPS) is 19.0. The van der Waals surface area contributed by atoms with Crippen LogP contribution >= 0.6 is 11.6 Å². The van der Waals surface area contributed by atoms with Crippen molar-refractivity contribution in [1.29, 1.82) is 0 Å². The lowest BCUT2D eigenvalue weighted by Crippen LogP contribution is -2.45. The van der Waals surface area contributed by atoms with Gasteiger partial charge in [0.25, 0.3) is 5.91 Å². The van der Waals surface area contributed by atoms with Crippen molar-refractivity contribution in [3.63, 3.8) is 0 Å². The summed E-state index contributed by atoms with van der Waals surface area (Å²) in [5.41, 5.74) is 0.251. The van der Waals surface area contributed by atoms with Gasteiger partial charge in [0, 0.05) is 11.6 Å². The number of rotatable bonds is 5. The third-order valence-electron chi connectivity index (χ3n) is 4.63. The molecule has 2 N–H and O–H groups in total. The molecule has 0 atom stereocenters. The molecular weight excluding hydrogens is 330 g/mol.